The van der Waals surface area contributed by atoms with Gasteiger partial charge < -0.3 is 96.9 Å². The van der Waals surface area contributed by atoms with E-state index in [4.69, 9.17) is 22.9 Å². The first-order valence-corrected chi connectivity index (χ1v) is 27.9. The van der Waals surface area contributed by atoms with Gasteiger partial charge in [0, 0.05) is 26.7 Å². The summed E-state index contributed by atoms with van der Waals surface area (Å²) in [5.41, 5.74) is 21.9. The molecule has 483 valence electrons. The minimum absolute atomic E-state index is 0. The van der Waals surface area contributed by atoms with E-state index >= 15 is 0 Å². The Balaban J connectivity index is 0. The Labute approximate surface area is 512 Å². The molecule has 85 heavy (non-hydrogen) atoms. The third-order valence-corrected chi connectivity index (χ3v) is 12.2. The summed E-state index contributed by atoms with van der Waals surface area (Å²) in [4.78, 5) is 185. The molecule has 0 aliphatic carbocycles. The van der Waals surface area contributed by atoms with Crippen molar-refractivity contribution in [1.82, 2.24) is 63.8 Å². The summed E-state index contributed by atoms with van der Waals surface area (Å²) in [6.07, 6.45) is -1.49. The molecule has 0 aromatic carbocycles. The number of aliphatic imine (C=N–C) groups is 1. The zero-order chi connectivity index (χ0) is 64.4. The fourth-order valence-corrected chi connectivity index (χ4v) is 7.58. The number of carboxylic acids is 1. The number of hydrogen-bond donors (Lipinski definition) is 19. The van der Waals surface area contributed by atoms with Gasteiger partial charge in [0.2, 0.25) is 76.8 Å². The fraction of sp³-hybridized carbons (Fsp3) is 0.700. The van der Waals surface area contributed by atoms with Gasteiger partial charge in [0.25, 0.3) is 0 Å². The molecule has 0 fully saturated rings. The molecule has 9 atom stereocenters. The van der Waals surface area contributed by atoms with E-state index in [2.05, 4.69) is 81.4 Å². The first kappa shape index (κ1) is 79.8. The van der Waals surface area contributed by atoms with Crippen LogP contribution in [0.4, 0.5) is 0 Å². The molecule has 0 aromatic heterocycles. The summed E-state index contributed by atoms with van der Waals surface area (Å²) in [6, 6.07) is -11.7. The van der Waals surface area contributed by atoms with E-state index in [0.717, 1.165) is 6.92 Å². The van der Waals surface area contributed by atoms with Gasteiger partial charge in [-0.3, -0.25) is 72.1 Å². The van der Waals surface area contributed by atoms with Crippen molar-refractivity contribution in [3.63, 3.8) is 0 Å². The first-order chi connectivity index (χ1) is 39.2. The smallest absolute Gasteiger partial charge is 0.305 e. The number of unbranched alkanes of at least 4 members (excludes halogenated alkanes) is 1. The maximum Gasteiger partial charge on any atom is 0.305 e. The van der Waals surface area contributed by atoms with Crippen LogP contribution in [0.1, 0.15) is 107 Å². The van der Waals surface area contributed by atoms with Crippen LogP contribution in [-0.4, -0.2) is 198 Å². The number of thiol groups is 1. The van der Waals surface area contributed by atoms with Crippen LogP contribution >= 0.6 is 12.6 Å². The monoisotopic (exact) mass is 1310 g/mol. The number of carboxylic acid groups (broad SMARTS) is 1. The molecule has 35 heteroatoms. The van der Waals surface area contributed by atoms with Crippen molar-refractivity contribution in [2.75, 3.05) is 45.0 Å². The maximum atomic E-state index is 14.0. The van der Waals surface area contributed by atoms with E-state index in [1.54, 1.807) is 27.7 Å². The van der Waals surface area contributed by atoms with Crippen molar-refractivity contribution >= 4 is 101 Å². The van der Waals surface area contributed by atoms with Crippen molar-refractivity contribution < 1.29 is 97.4 Å². The number of guanidine groups is 1. The summed E-state index contributed by atoms with van der Waals surface area (Å²) < 4.78 is 0. The molecule has 0 aliphatic rings. The van der Waals surface area contributed by atoms with E-state index < -0.39 is 176 Å². The molecule has 0 saturated carbocycles. The minimum Gasteiger partial charge on any atom is -0.481 e. The van der Waals surface area contributed by atoms with Gasteiger partial charge in [0.05, 0.1) is 44.5 Å². The van der Waals surface area contributed by atoms with Crippen molar-refractivity contribution in [2.24, 2.45) is 45.7 Å². The molecule has 0 saturated heterocycles. The number of carbonyl (C=O) groups excluding carboxylic acids is 13. The van der Waals surface area contributed by atoms with Gasteiger partial charge in [-0.25, -0.2) is 0 Å². The molecule has 22 N–H and O–H groups in total. The number of aliphatic carboxylic acids is 1. The van der Waals surface area contributed by atoms with Crippen LogP contribution in [0.25, 0.3) is 0 Å². The Morgan fingerprint density at radius 1 is 0.471 bits per heavy atom. The number of nitrogens with one attached hydrogen (secondary N) is 12. The number of aliphatic hydroxyl groups excluding tert-OH is 1. The summed E-state index contributed by atoms with van der Waals surface area (Å²) in [5.74, 6) is -14.6. The van der Waals surface area contributed by atoms with E-state index in [0.29, 0.717) is 19.4 Å². The maximum absolute atomic E-state index is 14.0. The second-order valence-electron chi connectivity index (χ2n) is 20.8. The van der Waals surface area contributed by atoms with Gasteiger partial charge in [-0.15, -0.1) is 0 Å². The number of hydrogen-bond acceptors (Lipinski definition) is 18. The predicted octanol–water partition coefficient (Wildman–Crippen LogP) is -7.45. The van der Waals surface area contributed by atoms with Crippen molar-refractivity contribution in [3.8, 4) is 0 Å². The van der Waals surface area contributed by atoms with Crippen molar-refractivity contribution in [2.45, 2.75) is 161 Å². The Kier molecular flexibility index (Phi) is 40.0. The number of nitrogens with two attached hydrogens (primary N) is 4. The Morgan fingerprint density at radius 2 is 0.882 bits per heavy atom. The minimum atomic E-state index is -1.92. The number of aliphatic hydroxyl groups is 1. The Morgan fingerprint density at radius 3 is 1.33 bits per heavy atom. The molecule has 0 bridgehead atoms. The average Bonchev–Trinajstić information content (AvgIpc) is 3.62. The third-order valence-electron chi connectivity index (χ3n) is 11.9. The molecule has 1 radical (unpaired) electrons. The van der Waals surface area contributed by atoms with E-state index in [9.17, 15) is 77.3 Å². The number of nitrogens with zero attached hydrogens (tertiary/aromatic N) is 1. The van der Waals surface area contributed by atoms with Gasteiger partial charge in [0.1, 0.15) is 48.3 Å². The van der Waals surface area contributed by atoms with Gasteiger partial charge in [-0.1, -0.05) is 41.5 Å². The van der Waals surface area contributed by atoms with Crippen molar-refractivity contribution in [1.29, 1.82) is 0 Å². The second kappa shape index (κ2) is 42.6. The quantitative estimate of drug-likeness (QED) is 0.0117. The molecule has 0 aromatic rings. The molecular weight excluding hydrogens is 1230 g/mol. The van der Waals surface area contributed by atoms with Crippen LogP contribution < -0.4 is 86.7 Å². The van der Waals surface area contributed by atoms with Crippen LogP contribution in [0.15, 0.2) is 4.99 Å². The number of carbonyl (C=O) groups is 14. The van der Waals surface area contributed by atoms with E-state index in [-0.39, 0.29) is 82.3 Å². The van der Waals surface area contributed by atoms with Crippen LogP contribution in [-0.2, 0) is 87.2 Å². The standard InChI is InChI=1S/C50H89N17O16S.Tc/c1-24(2)16-31(45(79)62-29(42(52)76)12-9-10-14-51)64-49(83)41(28(8)68)67-47(81)33(18-39(74)75)65-48(82)40(26(5)6)66-46(80)32(17-25(3)4)63-43(77)27(7)60-44(78)30(13-11-15-55-50(53)54)61-37(72)22-58-35(70)20-56-34(69)19-57-36(71)21-59-38(73)23-84;/h24-33,40-41,68,84H,9-23,51H2,1-8H3,(H2,52,76)(H,56,69)(H,57,71)(H,58,70)(H,59,73)(H,60,78)(H,61,72)(H,62,79)(H,63,77)(H,64,83)(H,65,82)(H,66,80)(H,67,81)(H,74,75)(H4,53,54,55);/t27-,28+,29-,30-,31-,32-,33-,40-,41-;/m0./s1/i;1+1. The topological polar surface area (TPSA) is 540 Å². The Hall–Kier alpha value is -7.23. The normalized spacial score (nSPS) is 14.0. The zero-order valence-corrected chi connectivity index (χ0v) is 52.0. The molecule has 0 heterocycles. The molecule has 33 nitrogen and oxygen atoms in total. The predicted molar refractivity (Wildman–Crippen MR) is 307 cm³/mol. The molecule has 0 rings (SSSR count). The SMILES string of the molecule is CC(C)C[C@H](NC(=O)[C@H](C)NC(=O)[C@H](CCCN=C(N)N)NC(=O)CNC(=O)CNC(=O)CNC(=O)CNC(=O)CS)C(=O)N[C@H](C(=O)N[C@@H](CC(=O)O)C(=O)N[C@H](C(=O)N[C@@H](CC(C)C)C(=O)N[C@@H](CCCCN)C(N)=O)[C@@H](C)O)C(C)C.[99Tc]. The largest absolute Gasteiger partial charge is 0.481 e. The summed E-state index contributed by atoms with van der Waals surface area (Å²) in [7, 11) is 0. The number of rotatable bonds is 41. The van der Waals surface area contributed by atoms with Crippen LogP contribution in [0, 0.1) is 17.8 Å². The molecule has 0 unspecified atom stereocenters. The molecule has 13 amide bonds. The zero-order valence-electron chi connectivity index (χ0n) is 49.2. The number of primary amides is 1. The summed E-state index contributed by atoms with van der Waals surface area (Å²) in [6.45, 7) is 10.5. The molecule has 0 spiro atoms. The summed E-state index contributed by atoms with van der Waals surface area (Å²) >= 11 is 3.76. The number of amides is 13. The molecular formula is C50H89N17O16STc. The van der Waals surface area contributed by atoms with Crippen LogP contribution in [0.5, 0.6) is 0 Å². The van der Waals surface area contributed by atoms with E-state index in [1.807, 2.05) is 0 Å². The van der Waals surface area contributed by atoms with Crippen molar-refractivity contribution in [3.05, 3.63) is 0 Å². The molecule has 0 aliphatic heterocycles. The van der Waals surface area contributed by atoms with Gasteiger partial charge in [-0.05, 0) is 83.1 Å². The Bertz CT molecular complexity index is 2310. The van der Waals surface area contributed by atoms with Crippen LogP contribution in [0.2, 0.25) is 0 Å². The van der Waals surface area contributed by atoms with Gasteiger partial charge in [0.15, 0.2) is 5.96 Å². The van der Waals surface area contributed by atoms with Gasteiger partial charge in [-0.2, -0.15) is 12.6 Å². The summed E-state index contributed by atoms with van der Waals surface area (Å²) in [5, 5.41) is 48.9. The van der Waals surface area contributed by atoms with Crippen LogP contribution in [0.3, 0.4) is 0 Å². The van der Waals surface area contributed by atoms with E-state index in [1.165, 1.54) is 20.8 Å². The third kappa shape index (κ3) is 35.0. The first-order valence-electron chi connectivity index (χ1n) is 27.3. The van der Waals surface area contributed by atoms with Gasteiger partial charge >= 0.3 is 5.97 Å². The fourth-order valence-electron chi connectivity index (χ4n) is 7.46. The average molecular weight is 1320 g/mol. The second-order valence-corrected chi connectivity index (χ2v) is 21.1.